The highest BCUT2D eigenvalue weighted by Gasteiger charge is 2.44. The molecule has 1 unspecified atom stereocenters. The molecule has 166 valence electrons. The zero-order valence-electron chi connectivity index (χ0n) is 18.7. The summed E-state index contributed by atoms with van der Waals surface area (Å²) in [5, 5.41) is 17.2. The van der Waals surface area contributed by atoms with E-state index >= 15 is 0 Å². The van der Waals surface area contributed by atoms with Crippen molar-refractivity contribution in [2.75, 3.05) is 32.2 Å². The Balaban J connectivity index is 1.38. The molecule has 3 aliphatic rings. The van der Waals surface area contributed by atoms with E-state index in [1.165, 1.54) is 44.1 Å². The molecule has 31 heavy (non-hydrogen) atoms. The number of nitrogens with zero attached hydrogens (tertiary/aromatic N) is 2. The predicted molar refractivity (Wildman–Crippen MR) is 127 cm³/mol. The number of fused-ring (bicyclic) bond motifs is 1. The van der Waals surface area contributed by atoms with Crippen molar-refractivity contribution >= 4 is 11.4 Å². The van der Waals surface area contributed by atoms with Crippen molar-refractivity contribution in [2.24, 2.45) is 0 Å². The first-order valence-electron chi connectivity index (χ1n) is 12.0. The summed E-state index contributed by atoms with van der Waals surface area (Å²) >= 11 is 0. The smallest absolute Gasteiger partial charge is 0.158 e. The maximum absolute atomic E-state index is 13.9. The summed E-state index contributed by atoms with van der Waals surface area (Å²) in [4.78, 5) is 2.72. The lowest BCUT2D eigenvalue weighted by molar-refractivity contribution is 0.0280. The summed E-state index contributed by atoms with van der Waals surface area (Å²) in [5.74, 6) is 0.921. The molecule has 1 N–H and O–H groups in total. The van der Waals surface area contributed by atoms with E-state index in [4.69, 9.17) is 4.74 Å². The number of para-hydroxylation sites is 2. The lowest BCUT2D eigenvalue weighted by Gasteiger charge is -2.52. The Morgan fingerprint density at radius 2 is 1.65 bits per heavy atom. The number of likely N-dealkylation sites (tertiary alicyclic amines) is 1. The first-order valence-corrected chi connectivity index (χ1v) is 12.0. The van der Waals surface area contributed by atoms with E-state index < -0.39 is 0 Å². The Labute approximate surface area is 186 Å². The maximum atomic E-state index is 13.9. The number of hydrogen-bond donors (Lipinski definition) is 1. The third-order valence-corrected chi connectivity index (χ3v) is 8.03. The second-order valence-electron chi connectivity index (χ2n) is 9.54. The molecule has 0 radical (unpaired) electrons. The molecule has 0 amide bonds. The van der Waals surface area contributed by atoms with E-state index in [9.17, 15) is 5.21 Å². The largest absolute Gasteiger partial charge is 0.626 e. The molecule has 2 fully saturated rings. The topological polar surface area (TPSA) is 47.6 Å². The van der Waals surface area contributed by atoms with Crippen LogP contribution in [0.15, 0.2) is 48.5 Å². The summed E-state index contributed by atoms with van der Waals surface area (Å²) in [7, 11) is 1.73. The Morgan fingerprint density at radius 3 is 2.32 bits per heavy atom. The molecule has 1 aliphatic carbocycles. The lowest BCUT2D eigenvalue weighted by atomic mass is 9.79. The fourth-order valence-electron chi connectivity index (χ4n) is 6.28. The van der Waals surface area contributed by atoms with Crippen molar-refractivity contribution in [1.82, 2.24) is 9.55 Å². The number of piperidine rings is 1. The fraction of sp³-hybridized carbons (Fsp3) is 0.538. The van der Waals surface area contributed by atoms with E-state index in [1.54, 1.807) is 7.11 Å². The minimum Gasteiger partial charge on any atom is -0.626 e. The third kappa shape index (κ3) is 3.63. The molecule has 5 rings (SSSR count). The fourth-order valence-corrected chi connectivity index (χ4v) is 6.28. The van der Waals surface area contributed by atoms with Crippen molar-refractivity contribution in [1.29, 1.82) is 0 Å². The Kier molecular flexibility index (Phi) is 5.67. The standard InChI is InChI=1S/C26H35N3O2/c1-31-23-12-10-21(11-13-23)26(16-6-2-3-7-17-26)28-18-14-22(15-19-28)29(30)20-27-24-8-4-5-9-25(24)29/h4-5,8-13,22,27H,2-3,6-7,14-20H2,1H3. The van der Waals surface area contributed by atoms with Crippen molar-refractivity contribution in [3.63, 3.8) is 0 Å². The molecule has 1 saturated carbocycles. The number of ether oxygens (including phenoxy) is 1. The molecule has 0 spiro atoms. The van der Waals surface area contributed by atoms with Gasteiger partial charge in [-0.1, -0.05) is 49.9 Å². The zero-order valence-corrected chi connectivity index (χ0v) is 18.7. The number of anilines is 1. The second kappa shape index (κ2) is 8.45. The van der Waals surface area contributed by atoms with Gasteiger partial charge in [-0.2, -0.15) is 0 Å². The molecule has 0 bridgehead atoms. The van der Waals surface area contributed by atoms with Gasteiger partial charge in [-0.3, -0.25) is 4.90 Å². The number of hydroxylamine groups is 2. The molecule has 5 heteroatoms. The highest BCUT2D eigenvalue weighted by molar-refractivity contribution is 5.72. The number of benzene rings is 2. The van der Waals surface area contributed by atoms with E-state index in [0.717, 1.165) is 43.1 Å². The van der Waals surface area contributed by atoms with Crippen molar-refractivity contribution in [3.05, 3.63) is 59.3 Å². The second-order valence-corrected chi connectivity index (χ2v) is 9.54. The normalized spacial score (nSPS) is 26.6. The Morgan fingerprint density at radius 1 is 0.968 bits per heavy atom. The van der Waals surface area contributed by atoms with Gasteiger partial charge in [0.05, 0.1) is 13.2 Å². The summed E-state index contributed by atoms with van der Waals surface area (Å²) in [6.45, 7) is 2.47. The van der Waals surface area contributed by atoms with Gasteiger partial charge in [0, 0.05) is 37.5 Å². The van der Waals surface area contributed by atoms with Gasteiger partial charge in [-0.05, 0) is 36.6 Å². The maximum Gasteiger partial charge on any atom is 0.158 e. The van der Waals surface area contributed by atoms with Gasteiger partial charge >= 0.3 is 0 Å². The molecule has 2 aromatic rings. The van der Waals surface area contributed by atoms with Crippen LogP contribution < -0.4 is 14.7 Å². The molecule has 2 heterocycles. The average molecular weight is 422 g/mol. The van der Waals surface area contributed by atoms with E-state index in [2.05, 4.69) is 34.5 Å². The summed E-state index contributed by atoms with van der Waals surface area (Å²) < 4.78 is 5.21. The van der Waals surface area contributed by atoms with Crippen LogP contribution in [-0.4, -0.2) is 37.8 Å². The predicted octanol–water partition coefficient (Wildman–Crippen LogP) is 5.60. The molecule has 5 nitrogen and oxygen atoms in total. The Bertz CT molecular complexity index is 884. The molecule has 2 aromatic carbocycles. The first kappa shape index (κ1) is 20.8. The number of methoxy groups -OCH3 is 1. The van der Waals surface area contributed by atoms with Gasteiger partial charge in [-0.25, -0.2) is 0 Å². The van der Waals surface area contributed by atoms with Crippen molar-refractivity contribution < 1.29 is 4.74 Å². The minimum atomic E-state index is -0.209. The van der Waals surface area contributed by atoms with Crippen molar-refractivity contribution in [2.45, 2.75) is 62.9 Å². The highest BCUT2D eigenvalue weighted by Crippen LogP contribution is 2.45. The van der Waals surface area contributed by atoms with Gasteiger partial charge in [0.25, 0.3) is 0 Å². The number of hydrogen-bond acceptors (Lipinski definition) is 4. The number of quaternary nitrogens is 1. The van der Waals surface area contributed by atoms with Crippen LogP contribution in [0.5, 0.6) is 5.75 Å². The van der Waals surface area contributed by atoms with Crippen LogP contribution in [0.1, 0.15) is 56.9 Å². The van der Waals surface area contributed by atoms with E-state index in [0.29, 0.717) is 6.67 Å². The van der Waals surface area contributed by atoms with Crippen LogP contribution >= 0.6 is 0 Å². The monoisotopic (exact) mass is 421 g/mol. The van der Waals surface area contributed by atoms with Crippen LogP contribution in [0.4, 0.5) is 11.4 Å². The van der Waals surface area contributed by atoms with Crippen LogP contribution in [-0.2, 0) is 5.54 Å². The van der Waals surface area contributed by atoms with Gasteiger partial charge in [0.1, 0.15) is 11.4 Å². The highest BCUT2D eigenvalue weighted by atomic mass is 16.6. The first-order chi connectivity index (χ1) is 15.2. The van der Waals surface area contributed by atoms with Gasteiger partial charge in [0.15, 0.2) is 12.4 Å². The Hall–Kier alpha value is -2.08. The number of rotatable bonds is 4. The van der Waals surface area contributed by atoms with Crippen LogP contribution in [0.25, 0.3) is 0 Å². The summed E-state index contributed by atoms with van der Waals surface area (Å²) in [5.41, 5.74) is 3.45. The quantitative estimate of drug-likeness (QED) is 0.397. The minimum absolute atomic E-state index is 0.0998. The third-order valence-electron chi connectivity index (χ3n) is 8.03. The molecular formula is C26H35N3O2. The molecular weight excluding hydrogens is 386 g/mol. The molecule has 1 saturated heterocycles. The van der Waals surface area contributed by atoms with Crippen LogP contribution in [0, 0.1) is 5.21 Å². The SMILES string of the molecule is COc1ccc(C2(N3CCC([N+]4([O-])CNc5ccccc54)CC3)CCCCCC2)cc1. The summed E-state index contributed by atoms with van der Waals surface area (Å²) in [6.07, 6.45) is 9.57. The van der Waals surface area contributed by atoms with Crippen LogP contribution in [0.3, 0.4) is 0 Å². The average Bonchev–Trinajstić information content (AvgIpc) is 3.00. The molecule has 2 aliphatic heterocycles. The molecule has 1 atom stereocenters. The van der Waals surface area contributed by atoms with Gasteiger partial charge in [-0.15, -0.1) is 0 Å². The zero-order chi connectivity index (χ0) is 21.3. The van der Waals surface area contributed by atoms with Crippen LogP contribution in [0.2, 0.25) is 0 Å². The lowest BCUT2D eigenvalue weighted by Crippen LogP contribution is -2.58. The van der Waals surface area contributed by atoms with E-state index in [-0.39, 0.29) is 16.2 Å². The molecule has 0 aromatic heterocycles. The van der Waals surface area contributed by atoms with Crippen molar-refractivity contribution in [3.8, 4) is 5.75 Å². The summed E-state index contributed by atoms with van der Waals surface area (Å²) in [6, 6.07) is 17.0. The number of nitrogens with one attached hydrogen (secondary N) is 1. The van der Waals surface area contributed by atoms with E-state index in [1.807, 2.05) is 24.3 Å². The van der Waals surface area contributed by atoms with Gasteiger partial charge < -0.3 is 19.9 Å². The van der Waals surface area contributed by atoms with Gasteiger partial charge in [0.2, 0.25) is 0 Å².